The monoisotopic (exact) mass is 2190 g/mol. The van der Waals surface area contributed by atoms with Crippen LogP contribution in [0.3, 0.4) is 0 Å². The fourth-order valence-electron chi connectivity index (χ4n) is 17.9. The van der Waals surface area contributed by atoms with Crippen LogP contribution in [0.1, 0.15) is 356 Å². The van der Waals surface area contributed by atoms with E-state index in [1.54, 1.807) is 0 Å². The van der Waals surface area contributed by atoms with Gasteiger partial charge in [-0.2, -0.15) is 0 Å². The van der Waals surface area contributed by atoms with Crippen LogP contribution in [-0.4, -0.2) is 96.1 Å². The van der Waals surface area contributed by atoms with Crippen molar-refractivity contribution in [1.29, 1.82) is 0 Å². The Morgan fingerprint density at radius 1 is 0.262 bits per heavy atom. The number of aromatic nitrogens is 4. The predicted octanol–water partition coefficient (Wildman–Crippen LogP) is 23.2. The Hall–Kier alpha value is -7.62. The van der Waals surface area contributed by atoms with Gasteiger partial charge in [-0.1, -0.05) is 62.2 Å². The molecule has 688 valence electrons. The Bertz CT molecular complexity index is 4710. The van der Waals surface area contributed by atoms with Crippen molar-refractivity contribution >= 4 is 47.0 Å². The van der Waals surface area contributed by atoms with Gasteiger partial charge in [-0.15, -0.1) is 0 Å². The number of methoxy groups -OCH3 is 4. The van der Waals surface area contributed by atoms with Gasteiger partial charge in [0.25, 0.3) is 0 Å². The molecule has 0 amide bonds. The summed E-state index contributed by atoms with van der Waals surface area (Å²) in [5.74, 6) is 3.07. The van der Waals surface area contributed by atoms with Crippen LogP contribution in [0.5, 0.6) is 0 Å². The van der Waals surface area contributed by atoms with Gasteiger partial charge < -0.3 is 37.0 Å². The normalized spacial score (nSPS) is 15.1. The van der Waals surface area contributed by atoms with Crippen LogP contribution in [0.4, 0.5) is 0 Å². The molecule has 8 aromatic rings. The SMILES string of the molecule is CC.CC.COC(=O)CC(CC(=O)Cc1c(C)c(C)c(C)c(C)c1C)c1noc(C2CC(C)C2)c1C.COC(=O)CC(CC(=O)Cc1c(C)c(C)c(C)c(C)c1C)c1noc(C2CC(C)C2)c1C.COC(=O)C[C@@H](CC(=O)Cc1c(C)c(C)c(C)c(C)c1C)c1noc(C)c1C.COC(=O)C[C@H](CC(=O)Cc1c(C)c(C)c(C)c(C)c1C)c1noc(C)c1C.[U].[U]. The van der Waals surface area contributed by atoms with Crippen molar-refractivity contribution in [1.82, 2.24) is 20.6 Å². The summed E-state index contributed by atoms with van der Waals surface area (Å²) in [7, 11) is 5.46. The van der Waals surface area contributed by atoms with Crippen molar-refractivity contribution in [3.63, 3.8) is 0 Å². The molecule has 2 saturated carbocycles. The largest absolute Gasteiger partial charge is 0.469 e. The Kier molecular flexibility index (Phi) is 45.7. The minimum Gasteiger partial charge on any atom is -0.469 e. The van der Waals surface area contributed by atoms with E-state index in [0.29, 0.717) is 72.3 Å². The van der Waals surface area contributed by atoms with Crippen molar-refractivity contribution in [3.8, 4) is 0 Å². The van der Waals surface area contributed by atoms with Gasteiger partial charge in [0.15, 0.2) is 0 Å². The minimum atomic E-state index is -0.354. The number of carbonyl (C=O) groups excluding carboxylic acids is 8. The Morgan fingerprint density at radius 2 is 0.429 bits per heavy atom. The number of hydrogen-bond donors (Lipinski definition) is 0. The van der Waals surface area contributed by atoms with E-state index in [1.807, 2.05) is 69.2 Å². The standard InChI is InChI=1S/2C27H37NO4.2C23H31NO4.2C2H6.2U/c2*1-14-9-22(10-14)27-20(7)26(28-32-27)21(12-25(30)31-8)11-23(29)13-24-18(5)16(3)15(2)17(4)19(24)6;2*1-12-13(2)15(4)21(16(5)14(12)3)11-20(25)9-19(10-22(26)27-8)23-17(6)18(7)28-24-23;2*1-2;;/h2*14,21-22H,9-13H2,1-8H3;2*19H,9-11H2,1-8H3;2*1-2H3;;/t;;2*19-;;;;/m..10..../s1. The zero-order chi connectivity index (χ0) is 93.8. The Morgan fingerprint density at radius 3 is 0.587 bits per heavy atom. The molecule has 0 N–H and O–H groups in total. The van der Waals surface area contributed by atoms with Gasteiger partial charge in [0, 0.05) is 171 Å². The molecule has 20 nitrogen and oxygen atoms in total. The third-order valence-electron chi connectivity index (χ3n) is 28.0. The zero-order valence-electron chi connectivity index (χ0n) is 83.3. The summed E-state index contributed by atoms with van der Waals surface area (Å²) in [4.78, 5) is 101. The molecule has 22 heteroatoms. The predicted molar refractivity (Wildman–Crippen MR) is 491 cm³/mol. The first-order valence-corrected chi connectivity index (χ1v) is 44.6. The number of hydrogen-bond acceptors (Lipinski definition) is 20. The van der Waals surface area contributed by atoms with E-state index in [9.17, 15) is 38.4 Å². The molecule has 2 aliphatic carbocycles. The smallest absolute Gasteiger partial charge is 0.306 e. The Balaban J connectivity index is 0.000000426. The van der Waals surface area contributed by atoms with Crippen molar-refractivity contribution < 1.29 is 138 Å². The molecule has 2 unspecified atom stereocenters. The number of benzene rings is 4. The molecule has 0 saturated heterocycles. The van der Waals surface area contributed by atoms with Crippen LogP contribution < -0.4 is 0 Å². The number of ether oxygens (including phenoxy) is 4. The van der Waals surface area contributed by atoms with Gasteiger partial charge in [0.1, 0.15) is 46.2 Å². The summed E-state index contributed by atoms with van der Waals surface area (Å²) in [5.41, 5.74) is 35.4. The molecule has 0 radical (unpaired) electrons. The van der Waals surface area contributed by atoms with Crippen molar-refractivity contribution in [3.05, 3.63) is 202 Å². The summed E-state index contributed by atoms with van der Waals surface area (Å²) in [6.07, 6.45) is 7.24. The van der Waals surface area contributed by atoms with Gasteiger partial charge in [0.2, 0.25) is 0 Å². The summed E-state index contributed by atoms with van der Waals surface area (Å²) in [6.45, 7) is 66.0. The topological polar surface area (TPSA) is 278 Å². The molecule has 4 heterocycles. The van der Waals surface area contributed by atoms with E-state index in [-0.39, 0.29) is 184 Å². The van der Waals surface area contributed by atoms with Gasteiger partial charge in [-0.05, 0) is 351 Å². The van der Waals surface area contributed by atoms with Gasteiger partial charge in [0.05, 0.1) is 76.9 Å². The van der Waals surface area contributed by atoms with Crippen molar-refractivity contribution in [2.45, 2.75) is 360 Å². The average molecular weight is 2190 g/mol. The maximum Gasteiger partial charge on any atom is 0.306 e. The van der Waals surface area contributed by atoms with Crippen molar-refractivity contribution in [2.75, 3.05) is 28.4 Å². The zero-order valence-corrected chi connectivity index (χ0v) is 91.6. The number of aryl methyl sites for hydroxylation is 2. The fraction of sp³-hybridized carbons (Fsp3) is 0.577. The van der Waals surface area contributed by atoms with Crippen LogP contribution in [0, 0.1) is 254 Å². The average Bonchev–Trinajstić information content (AvgIpc) is 1.70. The van der Waals surface area contributed by atoms with Crippen LogP contribution in [0.25, 0.3) is 0 Å². The summed E-state index contributed by atoms with van der Waals surface area (Å²) in [6, 6.07) is 0. The molecule has 2 fully saturated rings. The number of carbonyl (C=O) groups is 8. The van der Waals surface area contributed by atoms with Gasteiger partial charge >= 0.3 is 23.9 Å². The molecular formula is C104H148N4O16U2. The third kappa shape index (κ3) is 27.7. The third-order valence-corrected chi connectivity index (χ3v) is 28.0. The number of esters is 4. The first-order valence-electron chi connectivity index (χ1n) is 44.6. The van der Waals surface area contributed by atoms with E-state index in [1.165, 1.54) is 140 Å². The molecule has 126 heavy (non-hydrogen) atoms. The number of ketones is 4. The quantitative estimate of drug-likeness (QED) is 0.0299. The first-order chi connectivity index (χ1) is 58.2. The van der Waals surface area contributed by atoms with E-state index in [2.05, 4.69) is 173 Å². The molecule has 4 aromatic heterocycles. The van der Waals surface area contributed by atoms with Crippen LogP contribution >= 0.6 is 0 Å². The van der Waals surface area contributed by atoms with Crippen LogP contribution in [-0.2, 0) is 83.0 Å². The Labute approximate surface area is 800 Å². The molecule has 4 aromatic carbocycles. The second kappa shape index (κ2) is 51.1. The maximum atomic E-state index is 13.2. The molecule has 10 rings (SSSR count). The number of nitrogens with zero attached hydrogens (tertiary/aromatic N) is 4. The molecule has 0 bridgehead atoms. The molecule has 4 atom stereocenters. The first kappa shape index (κ1) is 113. The molecule has 0 spiro atoms. The van der Waals surface area contributed by atoms with E-state index >= 15 is 0 Å². The van der Waals surface area contributed by atoms with Gasteiger partial charge in [-0.3, -0.25) is 38.4 Å². The number of Topliss-reactive ketones (excluding diaryl/α,β-unsaturated/α-hetero) is 4. The number of rotatable bonds is 30. The van der Waals surface area contributed by atoms with E-state index in [0.717, 1.165) is 93.1 Å². The van der Waals surface area contributed by atoms with Crippen molar-refractivity contribution in [2.24, 2.45) is 11.8 Å². The van der Waals surface area contributed by atoms with Crippen LogP contribution in [0.2, 0.25) is 0 Å². The maximum absolute atomic E-state index is 13.2. The van der Waals surface area contributed by atoms with E-state index < -0.39 is 0 Å². The minimum absolute atomic E-state index is 0. The van der Waals surface area contributed by atoms with Gasteiger partial charge in [-0.25, -0.2) is 0 Å². The van der Waals surface area contributed by atoms with Crippen LogP contribution in [0.15, 0.2) is 18.1 Å². The summed E-state index contributed by atoms with van der Waals surface area (Å²) < 4.78 is 41.4. The summed E-state index contributed by atoms with van der Waals surface area (Å²) >= 11 is 0. The molecule has 0 aliphatic heterocycles. The second-order valence-corrected chi connectivity index (χ2v) is 35.2. The summed E-state index contributed by atoms with van der Waals surface area (Å²) in [5, 5.41) is 16.9. The van der Waals surface area contributed by atoms with E-state index in [4.69, 9.17) is 37.0 Å². The molecular weight excluding hydrogens is 2040 g/mol. The fourth-order valence-corrected chi connectivity index (χ4v) is 17.9. The second-order valence-electron chi connectivity index (χ2n) is 35.2. The molecule has 2 aliphatic rings.